The average molecular weight is 222 g/mol. The monoisotopic (exact) mass is 222 g/mol. The lowest BCUT2D eigenvalue weighted by atomic mass is 10.0. The fourth-order valence-corrected chi connectivity index (χ4v) is 1.13. The van der Waals surface area contributed by atoms with Crippen molar-refractivity contribution in [1.29, 1.82) is 0 Å². The van der Waals surface area contributed by atoms with Gasteiger partial charge in [-0.05, 0) is 12.1 Å². The van der Waals surface area contributed by atoms with E-state index >= 15 is 0 Å². The summed E-state index contributed by atoms with van der Waals surface area (Å²) in [7, 11) is 0. The van der Waals surface area contributed by atoms with E-state index in [2.05, 4.69) is 0 Å². The van der Waals surface area contributed by atoms with E-state index < -0.39 is 23.6 Å². The Morgan fingerprint density at radius 3 is 2.27 bits per heavy atom. The van der Waals surface area contributed by atoms with Crippen LogP contribution in [0.3, 0.4) is 0 Å². The van der Waals surface area contributed by atoms with Crippen molar-refractivity contribution in [3.63, 3.8) is 0 Å². The Morgan fingerprint density at radius 2 is 1.87 bits per heavy atom. The van der Waals surface area contributed by atoms with E-state index in [1.165, 1.54) is 0 Å². The highest BCUT2D eigenvalue weighted by Gasteiger charge is 2.31. The zero-order valence-electron chi connectivity index (χ0n) is 7.68. The summed E-state index contributed by atoms with van der Waals surface area (Å²) in [5.41, 5.74) is 9.55. The smallest absolute Gasteiger partial charge is 0.329 e. The highest BCUT2D eigenvalue weighted by molar-refractivity contribution is 5.28. The zero-order chi connectivity index (χ0) is 11.6. The van der Waals surface area contributed by atoms with Crippen LogP contribution < -0.4 is 11.5 Å². The molecule has 84 valence electrons. The number of hydrogen-bond donors (Lipinski definition) is 2. The molecule has 0 heterocycles. The summed E-state index contributed by atoms with van der Waals surface area (Å²) >= 11 is 0. The van der Waals surface area contributed by atoms with Crippen LogP contribution in [0.15, 0.2) is 18.2 Å². The molecule has 1 atom stereocenters. The van der Waals surface area contributed by atoms with Crippen molar-refractivity contribution >= 4 is 0 Å². The Morgan fingerprint density at radius 1 is 1.27 bits per heavy atom. The maximum Gasteiger partial charge on any atom is 0.416 e. The van der Waals surface area contributed by atoms with Crippen LogP contribution in [0, 0.1) is 5.82 Å². The first-order chi connectivity index (χ1) is 6.86. The van der Waals surface area contributed by atoms with Gasteiger partial charge in [-0.15, -0.1) is 0 Å². The lowest BCUT2D eigenvalue weighted by Gasteiger charge is -2.12. The van der Waals surface area contributed by atoms with Gasteiger partial charge >= 0.3 is 6.18 Å². The molecule has 0 radical (unpaired) electrons. The summed E-state index contributed by atoms with van der Waals surface area (Å²) in [4.78, 5) is 0. The van der Waals surface area contributed by atoms with Crippen molar-refractivity contribution in [3.8, 4) is 0 Å². The predicted octanol–water partition coefficient (Wildman–Crippen LogP) is 1.80. The second-order valence-corrected chi connectivity index (χ2v) is 3.08. The van der Waals surface area contributed by atoms with Crippen molar-refractivity contribution in [2.45, 2.75) is 12.2 Å². The quantitative estimate of drug-likeness (QED) is 0.749. The molecule has 0 unspecified atom stereocenters. The summed E-state index contributed by atoms with van der Waals surface area (Å²) in [5.74, 6) is -0.984. The molecule has 0 saturated heterocycles. The minimum absolute atomic E-state index is 0.00880. The fourth-order valence-electron chi connectivity index (χ4n) is 1.13. The number of hydrogen-bond acceptors (Lipinski definition) is 2. The van der Waals surface area contributed by atoms with Gasteiger partial charge in [-0.25, -0.2) is 4.39 Å². The highest BCUT2D eigenvalue weighted by atomic mass is 19.4. The Balaban J connectivity index is 3.09. The second-order valence-electron chi connectivity index (χ2n) is 3.08. The van der Waals surface area contributed by atoms with E-state index in [1.807, 2.05) is 0 Å². The van der Waals surface area contributed by atoms with Gasteiger partial charge in [0.25, 0.3) is 0 Å². The first-order valence-corrected chi connectivity index (χ1v) is 4.18. The van der Waals surface area contributed by atoms with Crippen LogP contribution in [0.25, 0.3) is 0 Å². The first kappa shape index (κ1) is 11.9. The van der Waals surface area contributed by atoms with Crippen LogP contribution in [-0.4, -0.2) is 6.54 Å². The van der Waals surface area contributed by atoms with E-state index in [1.54, 1.807) is 0 Å². The van der Waals surface area contributed by atoms with E-state index in [4.69, 9.17) is 11.5 Å². The first-order valence-electron chi connectivity index (χ1n) is 4.18. The number of benzene rings is 1. The van der Waals surface area contributed by atoms with Gasteiger partial charge in [0.05, 0.1) is 5.56 Å². The molecule has 0 spiro atoms. The molecule has 0 fully saturated rings. The predicted molar refractivity (Wildman–Crippen MR) is 47.4 cm³/mol. The topological polar surface area (TPSA) is 52.0 Å². The molecule has 0 bridgehead atoms. The van der Waals surface area contributed by atoms with Gasteiger partial charge in [0.15, 0.2) is 0 Å². The largest absolute Gasteiger partial charge is 0.416 e. The molecule has 1 aromatic carbocycles. The third-order valence-electron chi connectivity index (χ3n) is 1.98. The minimum Gasteiger partial charge on any atom is -0.329 e. The maximum atomic E-state index is 13.2. The third kappa shape index (κ3) is 2.66. The third-order valence-corrected chi connectivity index (χ3v) is 1.98. The Hall–Kier alpha value is -1.14. The van der Waals surface area contributed by atoms with Gasteiger partial charge in [0.1, 0.15) is 5.82 Å². The number of halogens is 4. The molecule has 0 amide bonds. The van der Waals surface area contributed by atoms with Gasteiger partial charge in [-0.2, -0.15) is 13.2 Å². The molecule has 15 heavy (non-hydrogen) atoms. The molecule has 1 aromatic rings. The SMILES string of the molecule is NC[C@H](N)c1ccc(C(F)(F)F)cc1F. The van der Waals surface area contributed by atoms with Gasteiger partial charge < -0.3 is 11.5 Å². The van der Waals surface area contributed by atoms with Crippen molar-refractivity contribution in [3.05, 3.63) is 35.1 Å². The summed E-state index contributed by atoms with van der Waals surface area (Å²) in [6.07, 6.45) is -4.55. The van der Waals surface area contributed by atoms with E-state index in [9.17, 15) is 17.6 Å². The summed E-state index contributed by atoms with van der Waals surface area (Å²) in [5, 5.41) is 0. The molecule has 0 aliphatic carbocycles. The van der Waals surface area contributed by atoms with E-state index in [0.29, 0.717) is 6.07 Å². The van der Waals surface area contributed by atoms with Gasteiger partial charge in [0.2, 0.25) is 0 Å². The van der Waals surface area contributed by atoms with Crippen molar-refractivity contribution < 1.29 is 17.6 Å². The molecule has 1 rings (SSSR count). The number of alkyl halides is 3. The van der Waals surface area contributed by atoms with Gasteiger partial charge in [-0.1, -0.05) is 6.07 Å². The molecule has 6 heteroatoms. The molecule has 0 aliphatic heterocycles. The molecule has 2 nitrogen and oxygen atoms in total. The minimum atomic E-state index is -4.55. The maximum absolute atomic E-state index is 13.2. The van der Waals surface area contributed by atoms with Gasteiger partial charge in [0, 0.05) is 18.2 Å². The lowest BCUT2D eigenvalue weighted by Crippen LogP contribution is -2.22. The van der Waals surface area contributed by atoms with Crippen molar-refractivity contribution in [2.24, 2.45) is 11.5 Å². The van der Waals surface area contributed by atoms with E-state index in [-0.39, 0.29) is 12.1 Å². The fraction of sp³-hybridized carbons (Fsp3) is 0.333. The van der Waals surface area contributed by atoms with Crippen molar-refractivity contribution in [2.75, 3.05) is 6.54 Å². The van der Waals surface area contributed by atoms with Gasteiger partial charge in [-0.3, -0.25) is 0 Å². The van der Waals surface area contributed by atoms with Crippen molar-refractivity contribution in [1.82, 2.24) is 0 Å². The molecule has 0 saturated carbocycles. The Kier molecular flexibility index (Phi) is 3.31. The normalized spacial score (nSPS) is 14.0. The van der Waals surface area contributed by atoms with Crippen LogP contribution in [-0.2, 0) is 6.18 Å². The van der Waals surface area contributed by atoms with E-state index in [0.717, 1.165) is 12.1 Å². The Labute approximate surface area is 83.9 Å². The van der Waals surface area contributed by atoms with Crippen LogP contribution in [0.2, 0.25) is 0 Å². The average Bonchev–Trinajstić information content (AvgIpc) is 2.15. The second kappa shape index (κ2) is 4.16. The van der Waals surface area contributed by atoms with Crippen LogP contribution in [0.4, 0.5) is 17.6 Å². The molecule has 0 aromatic heterocycles. The molecular formula is C9H10F4N2. The summed E-state index contributed by atoms with van der Waals surface area (Å²) in [6.45, 7) is -0.0255. The molecular weight excluding hydrogens is 212 g/mol. The Bertz CT molecular complexity index is 348. The van der Waals surface area contributed by atoms with Crippen LogP contribution >= 0.6 is 0 Å². The molecule has 0 aliphatic rings. The zero-order valence-corrected chi connectivity index (χ0v) is 7.68. The summed E-state index contributed by atoms with van der Waals surface area (Å²) < 4.78 is 49.7. The van der Waals surface area contributed by atoms with Crippen LogP contribution in [0.1, 0.15) is 17.2 Å². The number of nitrogens with two attached hydrogens (primary N) is 2. The lowest BCUT2D eigenvalue weighted by molar-refractivity contribution is -0.137. The van der Waals surface area contributed by atoms with Crippen LogP contribution in [0.5, 0.6) is 0 Å². The summed E-state index contributed by atoms with van der Waals surface area (Å²) in [6, 6.07) is 1.43. The standard InChI is InChI=1S/C9H10F4N2/c10-7-3-5(9(11,12)13)1-2-6(7)8(15)4-14/h1-3,8H,4,14-15H2/t8-/m0/s1. The number of rotatable bonds is 2. The molecule has 4 N–H and O–H groups in total. The highest BCUT2D eigenvalue weighted by Crippen LogP contribution is 2.30.